The summed E-state index contributed by atoms with van der Waals surface area (Å²) in [5.41, 5.74) is 3.06. The van der Waals surface area contributed by atoms with Gasteiger partial charge in [-0.05, 0) is 24.1 Å². The van der Waals surface area contributed by atoms with Gasteiger partial charge in [0.2, 0.25) is 0 Å². The first-order valence-electron chi connectivity index (χ1n) is 9.85. The number of aromatic nitrogens is 1. The first kappa shape index (κ1) is 21.6. The summed E-state index contributed by atoms with van der Waals surface area (Å²) in [4.78, 5) is 32.9. The number of aliphatic imine (C=N–C) groups is 1. The SMILES string of the molecule is CC(C)/C(=C/N=C(c1ccccc1)c1ccccc1NC(=O)c1ccccn1)C(=O)O. The number of rotatable bonds is 7. The normalized spacial score (nSPS) is 12.0. The van der Waals surface area contributed by atoms with Crippen LogP contribution < -0.4 is 5.32 Å². The number of carboxylic acid groups (broad SMARTS) is 1. The van der Waals surface area contributed by atoms with Gasteiger partial charge >= 0.3 is 5.97 Å². The second-order valence-corrected chi connectivity index (χ2v) is 7.10. The number of nitrogens with one attached hydrogen (secondary N) is 1. The maximum atomic E-state index is 12.7. The molecule has 31 heavy (non-hydrogen) atoms. The standard InChI is InChI=1S/C25H23N3O3/c1-17(2)20(25(30)31)16-27-23(18-10-4-3-5-11-18)19-12-6-7-13-21(19)28-24(29)22-14-8-9-15-26-22/h3-17H,1-2H3,(H,28,29)(H,30,31)/b20-16-,27-23?. The predicted molar refractivity (Wildman–Crippen MR) is 121 cm³/mol. The van der Waals surface area contributed by atoms with Crippen molar-refractivity contribution in [3.8, 4) is 0 Å². The van der Waals surface area contributed by atoms with Gasteiger partial charge in [0.05, 0.1) is 17.0 Å². The molecule has 0 unspecified atom stereocenters. The number of nitrogens with zero attached hydrogens (tertiary/aromatic N) is 2. The van der Waals surface area contributed by atoms with Crippen molar-refractivity contribution in [3.05, 3.63) is 108 Å². The van der Waals surface area contributed by atoms with Gasteiger partial charge in [-0.2, -0.15) is 0 Å². The van der Waals surface area contributed by atoms with E-state index in [9.17, 15) is 14.7 Å². The zero-order chi connectivity index (χ0) is 22.2. The van der Waals surface area contributed by atoms with Crippen LogP contribution in [0.4, 0.5) is 5.69 Å². The second kappa shape index (κ2) is 10.1. The molecule has 156 valence electrons. The summed E-state index contributed by atoms with van der Waals surface area (Å²) < 4.78 is 0. The van der Waals surface area contributed by atoms with Crippen LogP contribution in [0.2, 0.25) is 0 Å². The van der Waals surface area contributed by atoms with Gasteiger partial charge < -0.3 is 10.4 Å². The topological polar surface area (TPSA) is 91.7 Å². The minimum atomic E-state index is -1.01. The van der Waals surface area contributed by atoms with Crippen LogP contribution in [0.25, 0.3) is 0 Å². The van der Waals surface area contributed by atoms with Crippen molar-refractivity contribution in [2.24, 2.45) is 10.9 Å². The van der Waals surface area contributed by atoms with Crippen molar-refractivity contribution in [1.82, 2.24) is 4.98 Å². The number of carboxylic acids is 1. The van der Waals surface area contributed by atoms with Crippen LogP contribution >= 0.6 is 0 Å². The van der Waals surface area contributed by atoms with Crippen LogP contribution in [-0.4, -0.2) is 27.7 Å². The molecule has 3 aromatic rings. The highest BCUT2D eigenvalue weighted by Crippen LogP contribution is 2.22. The van der Waals surface area contributed by atoms with Crippen LogP contribution in [0.1, 0.15) is 35.5 Å². The minimum Gasteiger partial charge on any atom is -0.478 e. The number of hydrogen-bond donors (Lipinski definition) is 2. The van der Waals surface area contributed by atoms with Crippen LogP contribution in [0, 0.1) is 5.92 Å². The number of carbonyl (C=O) groups is 2. The molecular weight excluding hydrogens is 390 g/mol. The third-order valence-corrected chi connectivity index (χ3v) is 4.58. The number of carbonyl (C=O) groups excluding carboxylic acids is 1. The highest BCUT2D eigenvalue weighted by molar-refractivity contribution is 6.18. The van der Waals surface area contributed by atoms with Crippen molar-refractivity contribution >= 4 is 23.3 Å². The van der Waals surface area contributed by atoms with E-state index >= 15 is 0 Å². The molecule has 1 heterocycles. The first-order chi connectivity index (χ1) is 15.0. The Hall–Kier alpha value is -4.06. The van der Waals surface area contributed by atoms with E-state index in [0.29, 0.717) is 22.7 Å². The van der Waals surface area contributed by atoms with E-state index in [4.69, 9.17) is 0 Å². The van der Waals surface area contributed by atoms with Gasteiger partial charge in [-0.25, -0.2) is 4.79 Å². The summed E-state index contributed by atoms with van der Waals surface area (Å²) in [5.74, 6) is -1.55. The lowest BCUT2D eigenvalue weighted by Gasteiger charge is -2.14. The number of anilines is 1. The molecule has 1 aromatic heterocycles. The molecule has 0 atom stereocenters. The highest BCUT2D eigenvalue weighted by atomic mass is 16.4. The monoisotopic (exact) mass is 413 g/mol. The largest absolute Gasteiger partial charge is 0.478 e. The number of amides is 1. The maximum absolute atomic E-state index is 12.7. The van der Waals surface area contributed by atoms with Crippen molar-refractivity contribution in [2.75, 3.05) is 5.32 Å². The molecule has 0 bridgehead atoms. The number of hydrogen-bond acceptors (Lipinski definition) is 4. The fourth-order valence-electron chi connectivity index (χ4n) is 2.96. The number of aliphatic carboxylic acids is 1. The zero-order valence-corrected chi connectivity index (χ0v) is 17.3. The molecule has 0 radical (unpaired) electrons. The fourth-order valence-corrected chi connectivity index (χ4v) is 2.96. The molecule has 0 aliphatic carbocycles. The zero-order valence-electron chi connectivity index (χ0n) is 17.3. The van der Waals surface area contributed by atoms with Crippen LogP contribution in [0.15, 0.2) is 95.8 Å². The summed E-state index contributed by atoms with van der Waals surface area (Å²) >= 11 is 0. The quantitative estimate of drug-likeness (QED) is 0.430. The van der Waals surface area contributed by atoms with E-state index in [1.54, 1.807) is 44.3 Å². The van der Waals surface area contributed by atoms with Crippen molar-refractivity contribution in [2.45, 2.75) is 13.8 Å². The van der Waals surface area contributed by atoms with Gasteiger partial charge in [0.25, 0.3) is 5.91 Å². The Kier molecular flexibility index (Phi) is 7.06. The average Bonchev–Trinajstić information content (AvgIpc) is 2.78. The Bertz CT molecular complexity index is 1120. The first-order valence-corrected chi connectivity index (χ1v) is 9.85. The van der Waals surface area contributed by atoms with Gasteiger partial charge in [-0.3, -0.25) is 14.8 Å². The molecule has 2 aromatic carbocycles. The molecule has 0 aliphatic rings. The Morgan fingerprint density at radius 2 is 1.65 bits per heavy atom. The fraction of sp³-hybridized carbons (Fsp3) is 0.120. The molecule has 0 saturated heterocycles. The summed E-state index contributed by atoms with van der Waals surface area (Å²) in [7, 11) is 0. The molecule has 0 aliphatic heterocycles. The minimum absolute atomic E-state index is 0.197. The number of benzene rings is 2. The average molecular weight is 413 g/mol. The molecule has 6 nitrogen and oxygen atoms in total. The third kappa shape index (κ3) is 5.51. The molecular formula is C25H23N3O3. The van der Waals surface area contributed by atoms with Gasteiger partial charge in [0.15, 0.2) is 0 Å². The number of pyridine rings is 1. The highest BCUT2D eigenvalue weighted by Gasteiger charge is 2.16. The van der Waals surface area contributed by atoms with E-state index < -0.39 is 5.97 Å². The molecule has 0 saturated carbocycles. The molecule has 2 N–H and O–H groups in total. The summed E-state index contributed by atoms with van der Waals surface area (Å²) in [6, 6.07) is 21.8. The van der Waals surface area contributed by atoms with Gasteiger partial charge in [-0.15, -0.1) is 0 Å². The van der Waals surface area contributed by atoms with Crippen LogP contribution in [-0.2, 0) is 4.79 Å². The lowest BCUT2D eigenvalue weighted by Crippen LogP contribution is -2.16. The van der Waals surface area contributed by atoms with Crippen molar-refractivity contribution in [1.29, 1.82) is 0 Å². The van der Waals surface area contributed by atoms with Crippen LogP contribution in [0.3, 0.4) is 0 Å². The van der Waals surface area contributed by atoms with Crippen molar-refractivity contribution < 1.29 is 14.7 Å². The summed E-state index contributed by atoms with van der Waals surface area (Å²) in [5, 5.41) is 12.4. The van der Waals surface area contributed by atoms with Gasteiger partial charge in [0, 0.05) is 23.5 Å². The maximum Gasteiger partial charge on any atom is 0.333 e. The Morgan fingerprint density at radius 1 is 0.968 bits per heavy atom. The Morgan fingerprint density at radius 3 is 2.29 bits per heavy atom. The predicted octanol–water partition coefficient (Wildman–Crippen LogP) is 4.80. The lowest BCUT2D eigenvalue weighted by atomic mass is 10.00. The van der Waals surface area contributed by atoms with E-state index in [1.807, 2.05) is 48.5 Å². The molecule has 1 amide bonds. The van der Waals surface area contributed by atoms with Gasteiger partial charge in [-0.1, -0.05) is 68.4 Å². The second-order valence-electron chi connectivity index (χ2n) is 7.10. The lowest BCUT2D eigenvalue weighted by molar-refractivity contribution is -0.133. The molecule has 6 heteroatoms. The molecule has 0 fully saturated rings. The Balaban J connectivity index is 2.09. The van der Waals surface area contributed by atoms with Crippen molar-refractivity contribution in [3.63, 3.8) is 0 Å². The number of para-hydroxylation sites is 1. The van der Waals surface area contributed by atoms with E-state index in [1.165, 1.54) is 6.20 Å². The Labute approximate surface area is 181 Å². The molecule has 3 rings (SSSR count). The van der Waals surface area contributed by atoms with Crippen LogP contribution in [0.5, 0.6) is 0 Å². The van der Waals surface area contributed by atoms with E-state index in [-0.39, 0.29) is 17.4 Å². The summed E-state index contributed by atoms with van der Waals surface area (Å²) in [6.07, 6.45) is 2.94. The smallest absolute Gasteiger partial charge is 0.333 e. The molecule has 0 spiro atoms. The van der Waals surface area contributed by atoms with E-state index in [0.717, 1.165) is 5.56 Å². The van der Waals surface area contributed by atoms with Gasteiger partial charge in [0.1, 0.15) is 5.69 Å². The summed E-state index contributed by atoms with van der Waals surface area (Å²) in [6.45, 7) is 3.61. The third-order valence-electron chi connectivity index (χ3n) is 4.58. The van der Waals surface area contributed by atoms with E-state index in [2.05, 4.69) is 15.3 Å².